The number of amides is 3. The van der Waals surface area contributed by atoms with Gasteiger partial charge in [0, 0.05) is 18.4 Å². The molecule has 0 aromatic carbocycles. The van der Waals surface area contributed by atoms with Gasteiger partial charge in [-0.15, -0.1) is 0 Å². The van der Waals surface area contributed by atoms with Crippen LogP contribution in [0, 0.1) is 0 Å². The van der Waals surface area contributed by atoms with Gasteiger partial charge in [0.25, 0.3) is 0 Å². The summed E-state index contributed by atoms with van der Waals surface area (Å²) < 4.78 is 0. The Balaban J connectivity index is 2.11. The molecule has 0 radical (unpaired) electrons. The smallest absolute Gasteiger partial charge is 0.321 e. The van der Waals surface area contributed by atoms with Gasteiger partial charge >= 0.3 is 12.0 Å². The Morgan fingerprint density at radius 1 is 1.17 bits per heavy atom. The molecule has 0 bridgehead atoms. The minimum absolute atomic E-state index is 0.0531. The second-order valence-electron chi connectivity index (χ2n) is 5.02. The van der Waals surface area contributed by atoms with Crippen LogP contribution in [0.5, 0.6) is 0 Å². The van der Waals surface area contributed by atoms with Crippen molar-refractivity contribution in [1.82, 2.24) is 10.6 Å². The molecule has 1 aliphatic rings. The Bertz CT molecular complexity index is 337. The van der Waals surface area contributed by atoms with Crippen LogP contribution < -0.4 is 10.6 Å². The molecular weight excluding hydrogens is 236 g/mol. The maximum absolute atomic E-state index is 11.5. The molecule has 1 aliphatic carbocycles. The third kappa shape index (κ3) is 5.16. The highest BCUT2D eigenvalue weighted by Crippen LogP contribution is 2.30. The maximum Gasteiger partial charge on any atom is 0.321 e. The van der Waals surface area contributed by atoms with Gasteiger partial charge in [0.1, 0.15) is 0 Å². The molecule has 1 fully saturated rings. The van der Waals surface area contributed by atoms with Gasteiger partial charge in [0.05, 0.1) is 0 Å². The number of hydrogen-bond acceptors (Lipinski definition) is 3. The average molecular weight is 256 g/mol. The van der Waals surface area contributed by atoms with E-state index in [0.29, 0.717) is 12.8 Å². The second-order valence-corrected chi connectivity index (χ2v) is 5.02. The van der Waals surface area contributed by atoms with Crippen LogP contribution >= 0.6 is 0 Å². The Kier molecular flexibility index (Phi) is 5.12. The molecule has 0 saturated heterocycles. The van der Waals surface area contributed by atoms with Crippen LogP contribution in [0.15, 0.2) is 0 Å². The van der Waals surface area contributed by atoms with Crippen LogP contribution in [0.2, 0.25) is 0 Å². The Labute approximate surface area is 106 Å². The second kappa shape index (κ2) is 6.37. The first-order valence-corrected chi connectivity index (χ1v) is 6.25. The number of aliphatic carboxylic acids is 1. The fourth-order valence-corrected chi connectivity index (χ4v) is 1.89. The van der Waals surface area contributed by atoms with Gasteiger partial charge in [-0.1, -0.05) is 0 Å². The van der Waals surface area contributed by atoms with E-state index in [2.05, 4.69) is 10.6 Å². The first-order valence-electron chi connectivity index (χ1n) is 6.25. The molecule has 0 atom stereocenters. The van der Waals surface area contributed by atoms with Crippen molar-refractivity contribution in [3.63, 3.8) is 0 Å². The average Bonchev–Trinajstić information content (AvgIpc) is 2.21. The van der Waals surface area contributed by atoms with Gasteiger partial charge < -0.3 is 10.4 Å². The van der Waals surface area contributed by atoms with Crippen LogP contribution in [-0.4, -0.2) is 28.6 Å². The maximum atomic E-state index is 11.5. The summed E-state index contributed by atoms with van der Waals surface area (Å²) >= 11 is 0. The zero-order chi connectivity index (χ0) is 13.6. The number of nitrogens with one attached hydrogen (secondary N) is 2. The van der Waals surface area contributed by atoms with E-state index >= 15 is 0 Å². The van der Waals surface area contributed by atoms with E-state index in [1.165, 1.54) is 0 Å². The zero-order valence-electron chi connectivity index (χ0n) is 10.6. The minimum Gasteiger partial charge on any atom is -0.481 e. The van der Waals surface area contributed by atoms with Gasteiger partial charge in [-0.2, -0.15) is 0 Å². The Morgan fingerprint density at radius 2 is 1.78 bits per heavy atom. The van der Waals surface area contributed by atoms with E-state index < -0.39 is 12.0 Å². The first kappa shape index (κ1) is 14.5. The SMILES string of the molecule is CC1(NC(=O)NC(=O)CCCCC(=O)O)CCC1. The predicted octanol–water partition coefficient (Wildman–Crippen LogP) is 1.40. The highest BCUT2D eigenvalue weighted by molar-refractivity contribution is 5.94. The van der Waals surface area contributed by atoms with Crippen LogP contribution in [0.25, 0.3) is 0 Å². The molecule has 0 aromatic heterocycles. The fourth-order valence-electron chi connectivity index (χ4n) is 1.89. The van der Waals surface area contributed by atoms with E-state index in [4.69, 9.17) is 5.11 Å². The molecule has 1 rings (SSSR count). The summed E-state index contributed by atoms with van der Waals surface area (Å²) in [5, 5.41) is 13.4. The van der Waals surface area contributed by atoms with Gasteiger partial charge in [-0.3, -0.25) is 14.9 Å². The number of carbonyl (C=O) groups is 3. The number of rotatable bonds is 6. The largest absolute Gasteiger partial charge is 0.481 e. The predicted molar refractivity (Wildman–Crippen MR) is 65.0 cm³/mol. The molecule has 0 spiro atoms. The van der Waals surface area contributed by atoms with Crippen LogP contribution in [0.3, 0.4) is 0 Å². The molecule has 6 heteroatoms. The number of hydrogen-bond donors (Lipinski definition) is 3. The monoisotopic (exact) mass is 256 g/mol. The first-order chi connectivity index (χ1) is 8.41. The molecule has 6 nitrogen and oxygen atoms in total. The zero-order valence-corrected chi connectivity index (χ0v) is 10.6. The van der Waals surface area contributed by atoms with Crippen molar-refractivity contribution >= 4 is 17.9 Å². The quantitative estimate of drug-likeness (QED) is 0.626. The normalized spacial score (nSPS) is 16.5. The lowest BCUT2D eigenvalue weighted by Gasteiger charge is -2.38. The van der Waals surface area contributed by atoms with E-state index in [9.17, 15) is 14.4 Å². The van der Waals surface area contributed by atoms with Crippen molar-refractivity contribution in [3.05, 3.63) is 0 Å². The standard InChI is InChI=1S/C12H20N2O4/c1-12(7-4-8-12)14-11(18)13-9(15)5-2-3-6-10(16)17/h2-8H2,1H3,(H,16,17)(H2,13,14,15,18). The van der Waals surface area contributed by atoms with Gasteiger partial charge in [0.15, 0.2) is 0 Å². The van der Waals surface area contributed by atoms with Gasteiger partial charge in [-0.25, -0.2) is 4.79 Å². The lowest BCUT2D eigenvalue weighted by atomic mass is 9.79. The number of carbonyl (C=O) groups excluding carboxylic acids is 2. The van der Waals surface area contributed by atoms with Gasteiger partial charge in [0.2, 0.25) is 5.91 Å². The summed E-state index contributed by atoms with van der Waals surface area (Å²) in [6.45, 7) is 1.95. The van der Waals surface area contributed by atoms with E-state index in [1.807, 2.05) is 6.92 Å². The highest BCUT2D eigenvalue weighted by atomic mass is 16.4. The third-order valence-corrected chi connectivity index (χ3v) is 3.17. The van der Waals surface area contributed by atoms with Crippen molar-refractivity contribution in [2.24, 2.45) is 0 Å². The summed E-state index contributed by atoms with van der Waals surface area (Å²) in [6.07, 6.45) is 4.13. The lowest BCUT2D eigenvalue weighted by Crippen LogP contribution is -2.55. The molecule has 18 heavy (non-hydrogen) atoms. The molecule has 0 heterocycles. The van der Waals surface area contributed by atoms with E-state index in [1.54, 1.807) is 0 Å². The van der Waals surface area contributed by atoms with Crippen LogP contribution in [0.4, 0.5) is 4.79 Å². The van der Waals surface area contributed by atoms with E-state index in [-0.39, 0.29) is 24.3 Å². The number of unbranched alkanes of at least 4 members (excludes halogenated alkanes) is 1. The summed E-state index contributed by atoms with van der Waals surface area (Å²) in [5.41, 5.74) is -0.173. The summed E-state index contributed by atoms with van der Waals surface area (Å²) in [5.74, 6) is -1.23. The van der Waals surface area contributed by atoms with Crippen molar-refractivity contribution in [2.75, 3.05) is 0 Å². The van der Waals surface area contributed by atoms with Crippen LogP contribution in [-0.2, 0) is 9.59 Å². The number of carboxylic acids is 1. The lowest BCUT2D eigenvalue weighted by molar-refractivity contribution is -0.137. The molecule has 0 aromatic rings. The molecule has 0 unspecified atom stereocenters. The number of imide groups is 1. The van der Waals surface area contributed by atoms with Crippen molar-refractivity contribution < 1.29 is 19.5 Å². The van der Waals surface area contributed by atoms with Crippen molar-refractivity contribution in [2.45, 2.75) is 57.4 Å². The topological polar surface area (TPSA) is 95.5 Å². The summed E-state index contributed by atoms with van der Waals surface area (Å²) in [7, 11) is 0. The van der Waals surface area contributed by atoms with Crippen LogP contribution in [0.1, 0.15) is 51.9 Å². The number of carboxylic acid groups (broad SMARTS) is 1. The fraction of sp³-hybridized carbons (Fsp3) is 0.750. The summed E-state index contributed by atoms with van der Waals surface area (Å²) in [4.78, 5) is 33.1. The molecule has 1 saturated carbocycles. The molecule has 102 valence electrons. The molecular formula is C12H20N2O4. The molecule has 3 amide bonds. The molecule has 3 N–H and O–H groups in total. The Morgan fingerprint density at radius 3 is 2.28 bits per heavy atom. The Hall–Kier alpha value is -1.59. The minimum atomic E-state index is -0.869. The van der Waals surface area contributed by atoms with E-state index in [0.717, 1.165) is 19.3 Å². The highest BCUT2D eigenvalue weighted by Gasteiger charge is 2.33. The summed E-state index contributed by atoms with van der Waals surface area (Å²) in [6, 6.07) is -0.458. The van der Waals surface area contributed by atoms with Gasteiger partial charge in [-0.05, 0) is 39.0 Å². The third-order valence-electron chi connectivity index (χ3n) is 3.17. The van der Waals surface area contributed by atoms with Crippen molar-refractivity contribution in [3.8, 4) is 0 Å². The number of urea groups is 1. The van der Waals surface area contributed by atoms with Crippen molar-refractivity contribution in [1.29, 1.82) is 0 Å². The molecule has 0 aliphatic heterocycles.